The maximum absolute atomic E-state index is 2.70. The largest absolute Gasteiger partial charge is 0.376 e. The van der Waals surface area contributed by atoms with Crippen molar-refractivity contribution < 1.29 is 0 Å². The van der Waals surface area contributed by atoms with E-state index in [1.807, 2.05) is 0 Å². The normalized spacial score (nSPS) is 16.6. The van der Waals surface area contributed by atoms with Crippen molar-refractivity contribution in [2.45, 2.75) is 45.4 Å². The zero-order chi connectivity index (χ0) is 31.1. The van der Waals surface area contributed by atoms with E-state index in [-0.39, 0.29) is 17.7 Å². The molecule has 3 heterocycles. The molecule has 46 heavy (non-hydrogen) atoms. The fraction of sp³-hybridized carbons (Fsp3) is 0.163. The molecule has 220 valence electrons. The summed E-state index contributed by atoms with van der Waals surface area (Å²) in [5.41, 5.74) is 21.3. The molecular weight excluding hydrogens is 555 g/mol. The summed E-state index contributed by atoms with van der Waals surface area (Å²) in [7, 11) is 0. The Morgan fingerprint density at radius 3 is 2.00 bits per heavy atom. The molecule has 10 rings (SSSR count). The second kappa shape index (κ2) is 8.62. The molecule has 0 saturated carbocycles. The SMILES string of the molecule is Cc1cc2c3c(c1)N(c1ccccc1)c1cc4c(cc1B3N1c3ccccc3C(C)(C)c3cccc-2c31)C(C)(C)c1ccccc1-4. The zero-order valence-electron chi connectivity index (χ0n) is 27.0. The molecular formula is C43H35BN2. The van der Waals surface area contributed by atoms with Crippen molar-refractivity contribution in [3.8, 4) is 22.3 Å². The smallest absolute Gasteiger partial charge is 0.333 e. The van der Waals surface area contributed by atoms with Gasteiger partial charge in [0.25, 0.3) is 0 Å². The van der Waals surface area contributed by atoms with Crippen LogP contribution in [0.5, 0.6) is 0 Å². The Hall–Kier alpha value is -5.02. The number of hydrogen-bond acceptors (Lipinski definition) is 2. The second-order valence-electron chi connectivity index (χ2n) is 14.7. The lowest BCUT2D eigenvalue weighted by Crippen LogP contribution is -2.63. The van der Waals surface area contributed by atoms with Gasteiger partial charge in [0.05, 0.1) is 0 Å². The van der Waals surface area contributed by atoms with E-state index in [9.17, 15) is 0 Å². The predicted molar refractivity (Wildman–Crippen MR) is 195 cm³/mol. The number of hydrogen-bond donors (Lipinski definition) is 0. The minimum Gasteiger partial charge on any atom is -0.376 e. The number of nitrogens with zero attached hydrogens (tertiary/aromatic N) is 2. The molecule has 4 aliphatic rings. The van der Waals surface area contributed by atoms with E-state index >= 15 is 0 Å². The summed E-state index contributed by atoms with van der Waals surface area (Å²) in [4.78, 5) is 5.25. The van der Waals surface area contributed by atoms with Gasteiger partial charge >= 0.3 is 6.85 Å². The molecule has 0 amide bonds. The highest BCUT2D eigenvalue weighted by Crippen LogP contribution is 2.57. The quantitative estimate of drug-likeness (QED) is 0.176. The Kier molecular flexibility index (Phi) is 4.91. The van der Waals surface area contributed by atoms with Gasteiger partial charge in [0.2, 0.25) is 0 Å². The molecule has 0 N–H and O–H groups in total. The first-order valence-corrected chi connectivity index (χ1v) is 16.6. The first-order chi connectivity index (χ1) is 22.3. The molecule has 3 heteroatoms. The van der Waals surface area contributed by atoms with Crippen molar-refractivity contribution in [1.29, 1.82) is 0 Å². The Balaban J connectivity index is 1.37. The summed E-state index contributed by atoms with van der Waals surface area (Å²) in [6.45, 7) is 11.9. The predicted octanol–water partition coefficient (Wildman–Crippen LogP) is 9.65. The summed E-state index contributed by atoms with van der Waals surface area (Å²) in [6, 6.07) is 46.1. The average Bonchev–Trinajstić information content (AvgIpc) is 3.29. The van der Waals surface area contributed by atoms with Crippen LogP contribution >= 0.6 is 0 Å². The maximum atomic E-state index is 2.70. The maximum Gasteiger partial charge on any atom is 0.333 e. The number of benzene rings is 6. The topological polar surface area (TPSA) is 6.48 Å². The van der Waals surface area contributed by atoms with E-state index in [1.54, 1.807) is 0 Å². The first-order valence-electron chi connectivity index (χ1n) is 16.6. The molecule has 0 fully saturated rings. The van der Waals surface area contributed by atoms with Crippen molar-refractivity contribution >= 4 is 46.2 Å². The van der Waals surface area contributed by atoms with Gasteiger partial charge in [-0.15, -0.1) is 0 Å². The van der Waals surface area contributed by atoms with Crippen LogP contribution in [-0.4, -0.2) is 6.85 Å². The lowest BCUT2D eigenvalue weighted by atomic mass is 9.42. The third kappa shape index (κ3) is 3.09. The number of fused-ring (bicyclic) bond motifs is 9. The molecule has 0 unspecified atom stereocenters. The van der Waals surface area contributed by atoms with E-state index in [0.29, 0.717) is 0 Å². The van der Waals surface area contributed by atoms with Gasteiger partial charge in [-0.1, -0.05) is 119 Å². The third-order valence-corrected chi connectivity index (χ3v) is 11.4. The van der Waals surface area contributed by atoms with Crippen molar-refractivity contribution in [3.63, 3.8) is 0 Å². The molecule has 1 aliphatic carbocycles. The summed E-state index contributed by atoms with van der Waals surface area (Å²) in [6.07, 6.45) is 0. The molecule has 0 radical (unpaired) electrons. The molecule has 6 aromatic rings. The Morgan fingerprint density at radius 1 is 0.500 bits per heavy atom. The molecule has 6 aromatic carbocycles. The van der Waals surface area contributed by atoms with E-state index in [1.165, 1.54) is 89.4 Å². The fourth-order valence-electron chi connectivity index (χ4n) is 9.32. The summed E-state index contributed by atoms with van der Waals surface area (Å²) < 4.78 is 0. The van der Waals surface area contributed by atoms with Crippen LogP contribution in [-0.2, 0) is 10.8 Å². The lowest BCUT2D eigenvalue weighted by Gasteiger charge is -2.51. The highest BCUT2D eigenvalue weighted by molar-refractivity contribution is 6.93. The van der Waals surface area contributed by atoms with Gasteiger partial charge in [0.1, 0.15) is 0 Å². The van der Waals surface area contributed by atoms with Crippen LogP contribution in [0.2, 0.25) is 0 Å². The van der Waals surface area contributed by atoms with E-state index in [4.69, 9.17) is 0 Å². The molecule has 0 saturated heterocycles. The highest BCUT2D eigenvalue weighted by atomic mass is 15.2. The van der Waals surface area contributed by atoms with Crippen LogP contribution < -0.4 is 20.6 Å². The van der Waals surface area contributed by atoms with Gasteiger partial charge < -0.3 is 9.71 Å². The number of para-hydroxylation sites is 3. The van der Waals surface area contributed by atoms with Crippen molar-refractivity contribution in [3.05, 3.63) is 149 Å². The molecule has 3 aliphatic heterocycles. The Morgan fingerprint density at radius 2 is 1.17 bits per heavy atom. The van der Waals surface area contributed by atoms with E-state index in [0.717, 1.165) is 0 Å². The molecule has 0 spiro atoms. The van der Waals surface area contributed by atoms with Gasteiger partial charge in [0, 0.05) is 44.8 Å². The summed E-state index contributed by atoms with van der Waals surface area (Å²) in [5.74, 6) is 0. The fourth-order valence-corrected chi connectivity index (χ4v) is 9.32. The first kappa shape index (κ1) is 26.2. The van der Waals surface area contributed by atoms with Crippen LogP contribution in [0, 0.1) is 6.92 Å². The molecule has 2 nitrogen and oxygen atoms in total. The average molecular weight is 591 g/mol. The monoisotopic (exact) mass is 590 g/mol. The van der Waals surface area contributed by atoms with Gasteiger partial charge in [-0.25, -0.2) is 0 Å². The van der Waals surface area contributed by atoms with Crippen LogP contribution in [0.3, 0.4) is 0 Å². The molecule has 0 aromatic heterocycles. The second-order valence-corrected chi connectivity index (χ2v) is 14.7. The van der Waals surface area contributed by atoms with Gasteiger partial charge in [-0.05, 0) is 92.7 Å². The number of anilines is 5. The Bertz CT molecular complexity index is 2300. The van der Waals surface area contributed by atoms with E-state index in [2.05, 4.69) is 166 Å². The zero-order valence-corrected chi connectivity index (χ0v) is 27.0. The minimum absolute atomic E-state index is 0.0382. The van der Waals surface area contributed by atoms with Gasteiger partial charge in [-0.2, -0.15) is 0 Å². The van der Waals surface area contributed by atoms with Crippen LogP contribution in [0.4, 0.5) is 28.4 Å². The number of rotatable bonds is 1. The molecule has 0 bridgehead atoms. The van der Waals surface area contributed by atoms with Crippen LogP contribution in [0.15, 0.2) is 121 Å². The van der Waals surface area contributed by atoms with Crippen molar-refractivity contribution in [1.82, 2.24) is 0 Å². The summed E-state index contributed by atoms with van der Waals surface area (Å²) >= 11 is 0. The highest BCUT2D eigenvalue weighted by Gasteiger charge is 2.51. The van der Waals surface area contributed by atoms with Crippen molar-refractivity contribution in [2.24, 2.45) is 0 Å². The lowest BCUT2D eigenvalue weighted by molar-refractivity contribution is 0.634. The van der Waals surface area contributed by atoms with Gasteiger partial charge in [0.15, 0.2) is 0 Å². The van der Waals surface area contributed by atoms with Crippen LogP contribution in [0.25, 0.3) is 22.3 Å². The third-order valence-electron chi connectivity index (χ3n) is 11.4. The molecule has 0 atom stereocenters. The Labute approximate surface area is 272 Å². The number of aryl methyl sites for hydroxylation is 1. The van der Waals surface area contributed by atoms with Gasteiger partial charge in [-0.3, -0.25) is 0 Å². The van der Waals surface area contributed by atoms with Crippen LogP contribution in [0.1, 0.15) is 55.5 Å². The minimum atomic E-state index is -0.113. The standard InChI is InChI=1S/C43H35BN2/c1-26-22-31-29-17-13-20-34-41(29)46(37-21-12-11-19-33(37)43(34,4)5)44-36-25-35-30(28-16-9-10-18-32(28)42(35,2)3)24-38(36)45(39(23-26)40(31)44)27-14-7-6-8-15-27/h6-25H,1-5H3. The summed E-state index contributed by atoms with van der Waals surface area (Å²) in [5, 5.41) is 0. The van der Waals surface area contributed by atoms with E-state index < -0.39 is 0 Å². The van der Waals surface area contributed by atoms with Crippen molar-refractivity contribution in [2.75, 3.05) is 9.71 Å².